The number of nitrogens with zero attached hydrogens (tertiary/aromatic N) is 2. The van der Waals surface area contributed by atoms with E-state index in [1.54, 1.807) is 6.07 Å². The Bertz CT molecular complexity index is 776. The Morgan fingerprint density at radius 1 is 1.38 bits per heavy atom. The first kappa shape index (κ1) is 17.5. The van der Waals surface area contributed by atoms with Crippen LogP contribution in [0, 0.1) is 6.92 Å². The van der Waals surface area contributed by atoms with Crippen LogP contribution >= 0.6 is 7.82 Å². The molecule has 0 spiro atoms. The molecule has 1 aromatic rings. The largest absolute Gasteiger partial charge is 0.469 e. The molecule has 5 atom stereocenters. The Morgan fingerprint density at radius 3 is 2.75 bits per heavy atom. The number of aromatic amines is 1. The van der Waals surface area contributed by atoms with Gasteiger partial charge in [0.2, 0.25) is 6.35 Å². The lowest BCUT2D eigenvalue weighted by molar-refractivity contribution is -0.122. The number of ether oxygens (including phenoxy) is 1. The van der Waals surface area contributed by atoms with Crippen molar-refractivity contribution in [1.82, 2.24) is 9.88 Å². The van der Waals surface area contributed by atoms with Crippen molar-refractivity contribution in [2.75, 3.05) is 6.61 Å². The minimum Gasteiger partial charge on any atom is -0.387 e. The molecule has 5 unspecified atom stereocenters. The summed E-state index contributed by atoms with van der Waals surface area (Å²) in [4.78, 5) is 25.6. The van der Waals surface area contributed by atoms with E-state index in [4.69, 9.17) is 14.5 Å². The highest BCUT2D eigenvalue weighted by molar-refractivity contribution is 7.46. The molecule has 6 N–H and O–H groups in total. The molecule has 2 aliphatic heterocycles. The number of phosphoric acid groups is 1. The van der Waals surface area contributed by atoms with E-state index in [9.17, 15) is 19.9 Å². The molecule has 0 amide bonds. The highest BCUT2D eigenvalue weighted by atomic mass is 31.2. The van der Waals surface area contributed by atoms with Crippen molar-refractivity contribution in [3.8, 4) is 0 Å². The summed E-state index contributed by atoms with van der Waals surface area (Å²) in [6.45, 7) is 1.20. The number of fused-ring (bicyclic) bond motifs is 1. The van der Waals surface area contributed by atoms with E-state index in [1.165, 1.54) is 11.1 Å². The molecule has 12 heteroatoms. The first-order chi connectivity index (χ1) is 11.2. The summed E-state index contributed by atoms with van der Waals surface area (Å²) >= 11 is 0. The van der Waals surface area contributed by atoms with Crippen molar-refractivity contribution in [3.63, 3.8) is 0 Å². The molecule has 0 aliphatic carbocycles. The van der Waals surface area contributed by atoms with Gasteiger partial charge in [-0.1, -0.05) is 0 Å². The van der Waals surface area contributed by atoms with E-state index in [-0.39, 0.29) is 0 Å². The maximum Gasteiger partial charge on any atom is 0.469 e. The second-order valence-electron chi connectivity index (χ2n) is 5.64. The molecule has 2 aliphatic rings. The van der Waals surface area contributed by atoms with Gasteiger partial charge in [0.05, 0.1) is 6.61 Å². The van der Waals surface area contributed by atoms with Gasteiger partial charge in [0.25, 0.3) is 0 Å². The number of hydrogen-bond acceptors (Lipinski definition) is 8. The van der Waals surface area contributed by atoms with Crippen LogP contribution in [0.2, 0.25) is 0 Å². The second-order valence-corrected chi connectivity index (χ2v) is 6.88. The molecule has 1 aromatic heterocycles. The summed E-state index contributed by atoms with van der Waals surface area (Å²) in [5.74, 6) is 0. The smallest absolute Gasteiger partial charge is 0.387 e. The van der Waals surface area contributed by atoms with Crippen LogP contribution < -0.4 is 10.7 Å². The van der Waals surface area contributed by atoms with Crippen molar-refractivity contribution >= 4 is 14.0 Å². The van der Waals surface area contributed by atoms with Crippen LogP contribution in [0.15, 0.2) is 11.1 Å². The van der Waals surface area contributed by atoms with Crippen molar-refractivity contribution in [2.45, 2.75) is 37.8 Å². The Labute approximate surface area is 135 Å². The number of aliphatic hydroxyl groups is 3. The summed E-state index contributed by atoms with van der Waals surface area (Å²) in [5, 5.41) is 30.9. The molecule has 134 valence electrons. The minimum atomic E-state index is -4.74. The van der Waals surface area contributed by atoms with E-state index in [1.807, 2.05) is 6.92 Å². The molecule has 0 saturated carbocycles. The standard InChI is InChI=1S/C12H18N3O8P/c1-5-2-6-3-15(12(18)14-10(6)13-5)11-9(17)8(16)7(23-11)4-22-24(19,20)21/h2-3,7-9,11-12,16-18H,4H2,1H3,(H,13,14)(H2,19,20,21). The highest BCUT2D eigenvalue weighted by Gasteiger charge is 2.47. The van der Waals surface area contributed by atoms with E-state index < -0.39 is 45.3 Å². The molecule has 3 heterocycles. The molecular formula is C12H18N3O8P. The van der Waals surface area contributed by atoms with E-state index in [0.717, 1.165) is 5.69 Å². The summed E-state index contributed by atoms with van der Waals surface area (Å²) in [6, 6.07) is 1.78. The average molecular weight is 363 g/mol. The molecule has 0 aromatic carbocycles. The fraction of sp³-hybridized carbons (Fsp3) is 0.583. The van der Waals surface area contributed by atoms with Crippen LogP contribution in [-0.2, 0) is 13.8 Å². The zero-order chi connectivity index (χ0) is 17.6. The van der Waals surface area contributed by atoms with Gasteiger partial charge >= 0.3 is 7.82 Å². The van der Waals surface area contributed by atoms with Gasteiger partial charge in [-0.15, -0.1) is 0 Å². The summed E-state index contributed by atoms with van der Waals surface area (Å²) in [6.07, 6.45) is -5.05. The lowest BCUT2D eigenvalue weighted by Gasteiger charge is -2.32. The Morgan fingerprint density at radius 2 is 2.08 bits per heavy atom. The number of nitrogens with one attached hydrogen (secondary N) is 1. The second kappa shape index (κ2) is 6.21. The van der Waals surface area contributed by atoms with E-state index >= 15 is 0 Å². The fourth-order valence-corrected chi connectivity index (χ4v) is 3.04. The lowest BCUT2D eigenvalue weighted by Crippen LogP contribution is -2.50. The van der Waals surface area contributed by atoms with Crippen molar-refractivity contribution < 1.29 is 38.9 Å². The van der Waals surface area contributed by atoms with Crippen molar-refractivity contribution in [2.24, 2.45) is 4.99 Å². The van der Waals surface area contributed by atoms with Crippen LogP contribution in [0.1, 0.15) is 5.69 Å². The zero-order valence-corrected chi connectivity index (χ0v) is 13.4. The normalized spacial score (nSPS) is 33.1. The number of H-pyrrole nitrogens is 1. The van der Waals surface area contributed by atoms with Gasteiger partial charge in [0.1, 0.15) is 23.8 Å². The zero-order valence-electron chi connectivity index (χ0n) is 12.6. The van der Waals surface area contributed by atoms with E-state index in [2.05, 4.69) is 14.5 Å². The Balaban J connectivity index is 1.80. The predicted octanol–water partition coefficient (Wildman–Crippen LogP) is -3.17. The number of aryl methyl sites for hydroxylation is 1. The number of hydrogen-bond donors (Lipinski definition) is 6. The van der Waals surface area contributed by atoms with Crippen molar-refractivity contribution in [1.29, 1.82) is 0 Å². The SMILES string of the molecule is Cc1cc2c([nH]1)=NC(O)N(C1OC(COP(=O)(O)O)C(O)C1O)C=2. The van der Waals surface area contributed by atoms with Crippen LogP contribution in [-0.4, -0.2) is 72.5 Å². The van der Waals surface area contributed by atoms with Crippen molar-refractivity contribution in [3.05, 3.63) is 22.5 Å². The topological polar surface area (TPSA) is 168 Å². The van der Waals surface area contributed by atoms with Gasteiger partial charge in [0, 0.05) is 17.1 Å². The summed E-state index contributed by atoms with van der Waals surface area (Å²) < 4.78 is 20.5. The number of phosphoric ester groups is 1. The van der Waals surface area contributed by atoms with E-state index in [0.29, 0.717) is 10.7 Å². The maximum atomic E-state index is 10.7. The quantitative estimate of drug-likeness (QED) is 0.302. The van der Waals surface area contributed by atoms with Gasteiger partial charge < -0.3 is 39.7 Å². The third-order valence-corrected chi connectivity index (χ3v) is 4.28. The number of rotatable bonds is 4. The molecule has 11 nitrogen and oxygen atoms in total. The van der Waals surface area contributed by atoms with Crippen LogP contribution in [0.25, 0.3) is 6.20 Å². The van der Waals surface area contributed by atoms with Crippen LogP contribution in [0.5, 0.6) is 0 Å². The van der Waals surface area contributed by atoms with Crippen LogP contribution in [0.4, 0.5) is 0 Å². The monoisotopic (exact) mass is 363 g/mol. The summed E-state index contributed by atoms with van der Waals surface area (Å²) in [5.41, 5.74) is 1.31. The van der Waals surface area contributed by atoms with Gasteiger partial charge in [-0.05, 0) is 13.0 Å². The van der Waals surface area contributed by atoms with Gasteiger partial charge in [-0.3, -0.25) is 4.52 Å². The van der Waals surface area contributed by atoms with Gasteiger partial charge in [-0.2, -0.15) is 0 Å². The Hall–Kier alpha value is -1.30. The van der Waals surface area contributed by atoms with Gasteiger partial charge in [0.15, 0.2) is 6.23 Å². The average Bonchev–Trinajstić information content (AvgIpc) is 2.96. The fourth-order valence-electron chi connectivity index (χ4n) is 2.70. The predicted molar refractivity (Wildman–Crippen MR) is 77.3 cm³/mol. The molecular weight excluding hydrogens is 345 g/mol. The molecule has 3 rings (SSSR count). The third-order valence-electron chi connectivity index (χ3n) is 3.80. The first-order valence-electron chi connectivity index (χ1n) is 7.08. The maximum absolute atomic E-state index is 10.7. The number of aromatic nitrogens is 1. The molecule has 24 heavy (non-hydrogen) atoms. The summed E-state index contributed by atoms with van der Waals surface area (Å²) in [7, 11) is -4.74. The molecule has 1 saturated heterocycles. The lowest BCUT2D eigenvalue weighted by atomic mass is 10.1. The first-order valence-corrected chi connectivity index (χ1v) is 8.61. The van der Waals surface area contributed by atoms with Crippen LogP contribution in [0.3, 0.4) is 0 Å². The minimum absolute atomic E-state index is 0.477. The van der Waals surface area contributed by atoms with Gasteiger partial charge in [-0.25, -0.2) is 9.56 Å². The number of aliphatic hydroxyl groups excluding tert-OH is 3. The molecule has 1 fully saturated rings. The Kier molecular flexibility index (Phi) is 4.53. The highest BCUT2D eigenvalue weighted by Crippen LogP contribution is 2.37. The third kappa shape index (κ3) is 3.39. The molecule has 0 radical (unpaired) electrons. The molecule has 0 bridgehead atoms.